The Balaban J connectivity index is 1.35. The van der Waals surface area contributed by atoms with Crippen LogP contribution in [0, 0.1) is 0 Å². The lowest BCUT2D eigenvalue weighted by Crippen LogP contribution is -2.60. The average molecular weight is 343 g/mol. The fourth-order valence-corrected chi connectivity index (χ4v) is 3.76. The smallest absolute Gasteiger partial charge is 0.105 e. The molecule has 6 heteroatoms. The SMILES string of the molecule is O[C@@H]1[C@H](O)COC[C@H]1N1CCN(Cc2ccc3ccccc3n2)CC1. The van der Waals surface area contributed by atoms with Gasteiger partial charge in [0.25, 0.3) is 0 Å². The van der Waals surface area contributed by atoms with Crippen LogP contribution in [-0.2, 0) is 11.3 Å². The second kappa shape index (κ2) is 7.35. The summed E-state index contributed by atoms with van der Waals surface area (Å²) in [5.74, 6) is 0. The Labute approximate surface area is 147 Å². The van der Waals surface area contributed by atoms with Crippen LogP contribution in [0.2, 0.25) is 0 Å². The molecule has 2 aromatic rings. The van der Waals surface area contributed by atoms with Crippen molar-refractivity contribution in [3.05, 3.63) is 42.1 Å². The van der Waals surface area contributed by atoms with Crippen LogP contribution in [0.5, 0.6) is 0 Å². The molecule has 2 fully saturated rings. The maximum Gasteiger partial charge on any atom is 0.105 e. The molecule has 2 N–H and O–H groups in total. The lowest BCUT2D eigenvalue weighted by Gasteiger charge is -2.43. The van der Waals surface area contributed by atoms with Crippen LogP contribution in [0.15, 0.2) is 36.4 Å². The zero-order valence-corrected chi connectivity index (χ0v) is 14.3. The minimum Gasteiger partial charge on any atom is -0.389 e. The van der Waals surface area contributed by atoms with Crippen molar-refractivity contribution in [3.63, 3.8) is 0 Å². The molecule has 0 spiro atoms. The highest BCUT2D eigenvalue weighted by Gasteiger charge is 2.36. The van der Waals surface area contributed by atoms with Crippen molar-refractivity contribution >= 4 is 10.9 Å². The molecule has 1 aromatic heterocycles. The Morgan fingerprint density at radius 1 is 1.00 bits per heavy atom. The predicted molar refractivity (Wildman–Crippen MR) is 95.2 cm³/mol. The summed E-state index contributed by atoms with van der Waals surface area (Å²) in [4.78, 5) is 9.37. The third kappa shape index (κ3) is 3.68. The van der Waals surface area contributed by atoms with E-state index >= 15 is 0 Å². The van der Waals surface area contributed by atoms with Gasteiger partial charge in [-0.25, -0.2) is 0 Å². The summed E-state index contributed by atoms with van der Waals surface area (Å²) in [5.41, 5.74) is 2.12. The van der Waals surface area contributed by atoms with Crippen molar-refractivity contribution in [2.75, 3.05) is 39.4 Å². The van der Waals surface area contributed by atoms with Crippen molar-refractivity contribution in [2.45, 2.75) is 24.8 Å². The number of piperazine rings is 1. The Hall–Kier alpha value is -1.57. The van der Waals surface area contributed by atoms with Crippen LogP contribution in [0.4, 0.5) is 0 Å². The molecule has 134 valence electrons. The fourth-order valence-electron chi connectivity index (χ4n) is 3.76. The number of pyridine rings is 1. The molecule has 0 bridgehead atoms. The van der Waals surface area contributed by atoms with E-state index in [4.69, 9.17) is 9.72 Å². The normalized spacial score (nSPS) is 29.1. The summed E-state index contributed by atoms with van der Waals surface area (Å²) in [6.07, 6.45) is -1.50. The molecular formula is C19H25N3O3. The van der Waals surface area contributed by atoms with Crippen LogP contribution >= 0.6 is 0 Å². The van der Waals surface area contributed by atoms with E-state index in [0.29, 0.717) is 6.61 Å². The average Bonchev–Trinajstić information content (AvgIpc) is 2.65. The van der Waals surface area contributed by atoms with E-state index in [1.54, 1.807) is 0 Å². The van der Waals surface area contributed by atoms with Gasteiger partial charge in [-0.3, -0.25) is 14.8 Å². The van der Waals surface area contributed by atoms with Gasteiger partial charge in [-0.1, -0.05) is 24.3 Å². The van der Waals surface area contributed by atoms with Crippen LogP contribution in [0.25, 0.3) is 10.9 Å². The van der Waals surface area contributed by atoms with E-state index in [0.717, 1.165) is 43.9 Å². The van der Waals surface area contributed by atoms with Gasteiger partial charge in [-0.15, -0.1) is 0 Å². The first kappa shape index (κ1) is 16.9. The number of hydrogen-bond donors (Lipinski definition) is 2. The summed E-state index contributed by atoms with van der Waals surface area (Å²) in [5, 5.41) is 21.2. The minimum atomic E-state index is -0.779. The lowest BCUT2D eigenvalue weighted by molar-refractivity contribution is -0.137. The fraction of sp³-hybridized carbons (Fsp3) is 0.526. The number of nitrogens with zero attached hydrogens (tertiary/aromatic N) is 3. The van der Waals surface area contributed by atoms with Crippen molar-refractivity contribution < 1.29 is 14.9 Å². The van der Waals surface area contributed by atoms with Crippen LogP contribution in [0.3, 0.4) is 0 Å². The van der Waals surface area contributed by atoms with Gasteiger partial charge in [0.15, 0.2) is 0 Å². The van der Waals surface area contributed by atoms with Gasteiger partial charge < -0.3 is 14.9 Å². The van der Waals surface area contributed by atoms with E-state index in [9.17, 15) is 10.2 Å². The third-order valence-electron chi connectivity index (χ3n) is 5.28. The third-order valence-corrected chi connectivity index (χ3v) is 5.28. The standard InChI is InChI=1S/C19H25N3O3/c23-18-13-25-12-17(19(18)24)22-9-7-21(8-10-22)11-15-6-5-14-3-1-2-4-16(14)20-15/h1-6,17-19,23-24H,7-13H2/t17-,18-,19+/m1/s1. The highest BCUT2D eigenvalue weighted by atomic mass is 16.5. The minimum absolute atomic E-state index is 0.107. The second-order valence-electron chi connectivity index (χ2n) is 6.97. The van der Waals surface area contributed by atoms with Gasteiger partial charge in [-0.05, 0) is 12.1 Å². The summed E-state index contributed by atoms with van der Waals surface area (Å²) in [6, 6.07) is 12.3. The first-order chi connectivity index (χ1) is 12.2. The highest BCUT2D eigenvalue weighted by molar-refractivity contribution is 5.78. The maximum absolute atomic E-state index is 10.2. The first-order valence-electron chi connectivity index (χ1n) is 8.96. The van der Waals surface area contributed by atoms with E-state index in [-0.39, 0.29) is 12.6 Å². The van der Waals surface area contributed by atoms with Crippen LogP contribution in [-0.4, -0.2) is 82.6 Å². The predicted octanol–water partition coefficient (Wildman–Crippen LogP) is 0.473. The Morgan fingerprint density at radius 2 is 1.80 bits per heavy atom. The number of ether oxygens (including phenoxy) is 1. The molecule has 0 radical (unpaired) electrons. The molecular weight excluding hydrogens is 318 g/mol. The largest absolute Gasteiger partial charge is 0.389 e. The molecule has 2 aliphatic heterocycles. The molecule has 2 aliphatic rings. The van der Waals surface area contributed by atoms with E-state index in [1.165, 1.54) is 5.39 Å². The number of rotatable bonds is 3. The first-order valence-corrected chi connectivity index (χ1v) is 8.96. The summed E-state index contributed by atoms with van der Waals surface area (Å²) < 4.78 is 5.41. The number of aliphatic hydroxyl groups is 2. The van der Waals surface area contributed by atoms with Crippen molar-refractivity contribution in [2.24, 2.45) is 0 Å². The molecule has 0 saturated carbocycles. The van der Waals surface area contributed by atoms with E-state index in [2.05, 4.69) is 28.0 Å². The molecule has 25 heavy (non-hydrogen) atoms. The molecule has 4 rings (SSSR count). The molecule has 3 heterocycles. The maximum atomic E-state index is 10.2. The van der Waals surface area contributed by atoms with Crippen LogP contribution < -0.4 is 0 Å². The Kier molecular flexibility index (Phi) is 4.96. The summed E-state index contributed by atoms with van der Waals surface area (Å²) in [6.45, 7) is 5.14. The zero-order valence-electron chi connectivity index (χ0n) is 14.3. The molecule has 0 unspecified atom stereocenters. The Bertz CT molecular complexity index is 718. The Morgan fingerprint density at radius 3 is 2.64 bits per heavy atom. The number of para-hydroxylation sites is 1. The molecule has 3 atom stereocenters. The lowest BCUT2D eigenvalue weighted by atomic mass is 10.0. The van der Waals surface area contributed by atoms with Gasteiger partial charge in [0, 0.05) is 38.1 Å². The van der Waals surface area contributed by atoms with Gasteiger partial charge in [0.05, 0.1) is 36.6 Å². The molecule has 0 aliphatic carbocycles. The topological polar surface area (TPSA) is 69.1 Å². The highest BCUT2D eigenvalue weighted by Crippen LogP contribution is 2.18. The molecule has 1 aromatic carbocycles. The molecule has 0 amide bonds. The zero-order chi connectivity index (χ0) is 17.2. The summed E-state index contributed by atoms with van der Waals surface area (Å²) in [7, 11) is 0. The van der Waals surface area contributed by atoms with Crippen molar-refractivity contribution in [1.82, 2.24) is 14.8 Å². The monoisotopic (exact) mass is 343 g/mol. The molecule has 2 saturated heterocycles. The van der Waals surface area contributed by atoms with Gasteiger partial charge >= 0.3 is 0 Å². The van der Waals surface area contributed by atoms with Gasteiger partial charge in [0.1, 0.15) is 6.10 Å². The van der Waals surface area contributed by atoms with Gasteiger partial charge in [0.2, 0.25) is 0 Å². The van der Waals surface area contributed by atoms with E-state index < -0.39 is 12.2 Å². The van der Waals surface area contributed by atoms with E-state index in [1.807, 2.05) is 18.2 Å². The number of fused-ring (bicyclic) bond motifs is 1. The number of aromatic nitrogens is 1. The second-order valence-corrected chi connectivity index (χ2v) is 6.97. The van der Waals surface area contributed by atoms with Crippen LogP contribution in [0.1, 0.15) is 5.69 Å². The van der Waals surface area contributed by atoms with Crippen molar-refractivity contribution in [1.29, 1.82) is 0 Å². The number of hydrogen-bond acceptors (Lipinski definition) is 6. The van der Waals surface area contributed by atoms with Gasteiger partial charge in [-0.2, -0.15) is 0 Å². The summed E-state index contributed by atoms with van der Waals surface area (Å²) >= 11 is 0. The quantitative estimate of drug-likeness (QED) is 0.845. The number of benzene rings is 1. The van der Waals surface area contributed by atoms with Crippen molar-refractivity contribution in [3.8, 4) is 0 Å². The molecule has 6 nitrogen and oxygen atoms in total. The number of aliphatic hydroxyl groups excluding tert-OH is 2.